The van der Waals surface area contributed by atoms with Gasteiger partial charge < -0.3 is 28.4 Å². The first-order valence-corrected chi connectivity index (χ1v) is 21.1. The maximum absolute atomic E-state index is 7.31. The highest BCUT2D eigenvalue weighted by Gasteiger charge is 2.47. The van der Waals surface area contributed by atoms with Crippen molar-refractivity contribution in [1.82, 2.24) is 0 Å². The highest BCUT2D eigenvalue weighted by Crippen LogP contribution is 2.48. The van der Waals surface area contributed by atoms with E-state index in [-0.39, 0.29) is 13.4 Å². The zero-order valence-corrected chi connectivity index (χ0v) is 33.2. The minimum atomic E-state index is -0.134. The summed E-state index contributed by atoms with van der Waals surface area (Å²) in [6.45, 7) is -0.262. The summed E-state index contributed by atoms with van der Waals surface area (Å²) < 4.78 is 27.7. The zero-order chi connectivity index (χ0) is 40.5. The van der Waals surface area contributed by atoms with Crippen molar-refractivity contribution in [2.75, 3.05) is 9.80 Å². The van der Waals surface area contributed by atoms with Crippen molar-refractivity contribution in [1.29, 1.82) is 0 Å². The molecule has 0 radical (unpaired) electrons. The van der Waals surface area contributed by atoms with E-state index in [1.54, 1.807) is 0 Å². The van der Waals surface area contributed by atoms with Crippen LogP contribution in [-0.2, 0) is 0 Å². The summed E-state index contributed by atoms with van der Waals surface area (Å²) >= 11 is 0. The molecule has 0 bridgehead atoms. The topological polar surface area (TPSA) is 47.3 Å². The Morgan fingerprint density at radius 1 is 0.387 bits per heavy atom. The molecule has 288 valence electrons. The summed E-state index contributed by atoms with van der Waals surface area (Å²) in [7, 11) is 0. The predicted molar refractivity (Wildman–Crippen MR) is 252 cm³/mol. The Bertz CT molecular complexity index is 3480. The Labute approximate surface area is 357 Å². The van der Waals surface area contributed by atoms with Crippen LogP contribution in [0.1, 0.15) is 0 Å². The first kappa shape index (κ1) is 33.7. The van der Waals surface area contributed by atoms with Gasteiger partial charge in [0.25, 0.3) is 13.4 Å². The smallest absolute Gasteiger partial charge is 0.256 e. The molecular weight excluding hydrogens is 762 g/mol. The fourth-order valence-corrected chi connectivity index (χ4v) is 10.5. The van der Waals surface area contributed by atoms with Crippen LogP contribution in [0.4, 0.5) is 34.1 Å². The third-order valence-electron chi connectivity index (χ3n) is 13.0. The van der Waals surface area contributed by atoms with E-state index in [2.05, 4.69) is 155 Å². The molecule has 9 aromatic carbocycles. The monoisotopic (exact) mass is 794 g/mol. The maximum Gasteiger partial charge on any atom is 0.256 e. The largest absolute Gasteiger partial charge is 0.458 e. The average Bonchev–Trinajstić information content (AvgIpc) is 3.70. The van der Waals surface area contributed by atoms with Gasteiger partial charge in [-0.2, -0.15) is 0 Å². The van der Waals surface area contributed by atoms with Crippen LogP contribution in [0.5, 0.6) is 34.5 Å². The molecule has 10 aromatic rings. The number of anilines is 6. The fraction of sp³-hybridized carbons (Fsp3) is 0. The molecule has 5 heterocycles. The number of hydrogen-bond donors (Lipinski definition) is 0. The molecule has 0 fully saturated rings. The molecule has 0 aliphatic carbocycles. The van der Waals surface area contributed by atoms with Crippen LogP contribution < -0.4 is 56.8 Å². The van der Waals surface area contributed by atoms with E-state index < -0.39 is 0 Å². The summed E-state index contributed by atoms with van der Waals surface area (Å²) in [4.78, 5) is 4.71. The van der Waals surface area contributed by atoms with E-state index in [1.165, 1.54) is 10.9 Å². The van der Waals surface area contributed by atoms with E-state index >= 15 is 0 Å². The first-order chi connectivity index (χ1) is 30.7. The van der Waals surface area contributed by atoms with Gasteiger partial charge in [-0.05, 0) is 87.4 Å². The highest BCUT2D eigenvalue weighted by atomic mass is 16.5. The van der Waals surface area contributed by atoms with Crippen molar-refractivity contribution >= 4 is 102 Å². The van der Waals surface area contributed by atoms with Gasteiger partial charge in [-0.3, -0.25) is 0 Å². The standard InChI is InChI=1S/C54H32B2N2O4/c1-4-16-33(17-5-1)57-42-25-13-11-23-38(42)55-40-30-41-48(32-47(40)61-50-29-36(28-44(57)52(50)55)59-35-20-8-3-9-21-35)62-54-51-37-22-10-15-27-46(37)60-49(51)31-45-53(54)56(41)39-24-12-14-26-43(39)58(45)34-18-6-2-7-19-34/h1-32H. The number of benzene rings is 9. The van der Waals surface area contributed by atoms with Crippen LogP contribution >= 0.6 is 0 Å². The molecular formula is C54H32B2N2O4. The van der Waals surface area contributed by atoms with Crippen LogP contribution in [0.3, 0.4) is 0 Å². The second-order valence-electron chi connectivity index (χ2n) is 16.3. The van der Waals surface area contributed by atoms with E-state index in [0.717, 1.165) is 107 Å². The van der Waals surface area contributed by atoms with E-state index in [1.807, 2.05) is 48.5 Å². The van der Waals surface area contributed by atoms with Crippen molar-refractivity contribution in [3.63, 3.8) is 0 Å². The second kappa shape index (κ2) is 12.7. The number of ether oxygens (including phenoxy) is 3. The molecule has 0 unspecified atom stereocenters. The highest BCUT2D eigenvalue weighted by molar-refractivity contribution is 7.02. The molecule has 4 aliphatic heterocycles. The van der Waals surface area contributed by atoms with Crippen LogP contribution in [0.25, 0.3) is 21.9 Å². The molecule has 0 N–H and O–H groups in total. The molecule has 0 atom stereocenters. The van der Waals surface area contributed by atoms with Gasteiger partial charge in [-0.1, -0.05) is 115 Å². The molecule has 14 rings (SSSR count). The second-order valence-corrected chi connectivity index (χ2v) is 16.3. The van der Waals surface area contributed by atoms with E-state index in [9.17, 15) is 0 Å². The molecule has 1 aromatic heterocycles. The third kappa shape index (κ3) is 4.72. The normalized spacial score (nSPS) is 13.6. The summed E-state index contributed by atoms with van der Waals surface area (Å²) in [5.41, 5.74) is 14.9. The molecule has 6 nitrogen and oxygen atoms in total. The van der Waals surface area contributed by atoms with Crippen LogP contribution in [-0.4, -0.2) is 13.4 Å². The Kier molecular flexibility index (Phi) is 6.91. The summed E-state index contributed by atoms with van der Waals surface area (Å²) in [5, 5.41) is 2.00. The summed E-state index contributed by atoms with van der Waals surface area (Å²) in [5.74, 6) is 4.54. The molecule has 0 amide bonds. The van der Waals surface area contributed by atoms with Crippen molar-refractivity contribution in [3.8, 4) is 34.5 Å². The fourth-order valence-electron chi connectivity index (χ4n) is 10.5. The Balaban J connectivity index is 1.03. The van der Waals surface area contributed by atoms with Gasteiger partial charge in [0.05, 0.1) is 5.39 Å². The van der Waals surface area contributed by atoms with Gasteiger partial charge in [-0.25, -0.2) is 0 Å². The van der Waals surface area contributed by atoms with Crippen LogP contribution in [0.2, 0.25) is 0 Å². The Morgan fingerprint density at radius 2 is 0.952 bits per heavy atom. The van der Waals surface area contributed by atoms with Gasteiger partial charge in [0.1, 0.15) is 45.7 Å². The molecule has 0 saturated heterocycles. The van der Waals surface area contributed by atoms with Crippen molar-refractivity contribution in [3.05, 3.63) is 194 Å². The predicted octanol–water partition coefficient (Wildman–Crippen LogP) is 10.2. The number of para-hydroxylation sites is 6. The van der Waals surface area contributed by atoms with Gasteiger partial charge in [0.15, 0.2) is 0 Å². The number of rotatable bonds is 4. The lowest BCUT2D eigenvalue weighted by Crippen LogP contribution is -2.63. The molecule has 62 heavy (non-hydrogen) atoms. The minimum Gasteiger partial charge on any atom is -0.458 e. The number of nitrogens with zero attached hydrogens (tertiary/aromatic N) is 2. The Hall–Kier alpha value is -8.09. The Morgan fingerprint density at radius 3 is 1.65 bits per heavy atom. The molecule has 0 spiro atoms. The lowest BCUT2D eigenvalue weighted by molar-refractivity contribution is 0.456. The quantitative estimate of drug-likeness (QED) is 0.166. The first-order valence-electron chi connectivity index (χ1n) is 21.1. The summed E-state index contributed by atoms with van der Waals surface area (Å²) in [6, 6.07) is 67.8. The summed E-state index contributed by atoms with van der Waals surface area (Å²) in [6.07, 6.45) is 0. The lowest BCUT2D eigenvalue weighted by Gasteiger charge is -2.42. The number of fused-ring (bicyclic) bond motifs is 12. The zero-order valence-electron chi connectivity index (χ0n) is 33.2. The van der Waals surface area contributed by atoms with Gasteiger partial charge >= 0.3 is 0 Å². The number of hydrogen-bond acceptors (Lipinski definition) is 6. The average molecular weight is 794 g/mol. The number of furan rings is 1. The molecule has 0 saturated carbocycles. The molecule has 4 aliphatic rings. The van der Waals surface area contributed by atoms with Crippen LogP contribution in [0.15, 0.2) is 199 Å². The lowest BCUT2D eigenvalue weighted by atomic mass is 9.31. The third-order valence-corrected chi connectivity index (χ3v) is 13.0. The van der Waals surface area contributed by atoms with Crippen molar-refractivity contribution in [2.45, 2.75) is 0 Å². The van der Waals surface area contributed by atoms with Crippen LogP contribution in [0, 0.1) is 0 Å². The maximum atomic E-state index is 7.31. The molecule has 8 heteroatoms. The van der Waals surface area contributed by atoms with E-state index in [4.69, 9.17) is 18.6 Å². The van der Waals surface area contributed by atoms with Gasteiger partial charge in [0.2, 0.25) is 0 Å². The van der Waals surface area contributed by atoms with E-state index in [0.29, 0.717) is 5.75 Å². The minimum absolute atomic E-state index is 0.128. The van der Waals surface area contributed by atoms with Crippen molar-refractivity contribution in [2.24, 2.45) is 0 Å². The SMILES string of the molecule is c1ccc(Oc2cc3c4c(c2)N(c2ccccc2)c2ccccc2B4c2cc4c(cc2O3)Oc2c3c(cc5oc6ccccc6c25)N(c2ccccc2)c2ccccc2B43)cc1. The van der Waals surface area contributed by atoms with Crippen molar-refractivity contribution < 1.29 is 18.6 Å². The van der Waals surface area contributed by atoms with Gasteiger partial charge in [0, 0.05) is 63.8 Å². The van der Waals surface area contributed by atoms with Gasteiger partial charge in [-0.15, -0.1) is 0 Å².